The lowest BCUT2D eigenvalue weighted by Gasteiger charge is -2.17. The molecule has 2 heterocycles. The molecule has 0 saturated carbocycles. The highest BCUT2D eigenvalue weighted by Gasteiger charge is 2.33. The van der Waals surface area contributed by atoms with Gasteiger partial charge in [0.05, 0.1) is 17.6 Å². The Hall–Kier alpha value is -3.60. The standard InChI is InChI=1S/C28H29N3O2/c1-21-10-5-8-15-26(21)33-17-9-16-31-25-14-7-6-13-24(25)29-28(31)23-18-27(32)30(20-23)19-22-11-3-2-4-12-22/h2-8,10-15,23H,9,16-20H2,1H3/t23-/m0/s1. The second-order valence-electron chi connectivity index (χ2n) is 8.74. The molecule has 4 aromatic rings. The van der Waals surface area contributed by atoms with E-state index in [4.69, 9.17) is 9.72 Å². The summed E-state index contributed by atoms with van der Waals surface area (Å²) in [7, 11) is 0. The van der Waals surface area contributed by atoms with E-state index in [0.29, 0.717) is 26.1 Å². The minimum atomic E-state index is 0.103. The van der Waals surface area contributed by atoms with Crippen molar-refractivity contribution in [3.8, 4) is 5.75 Å². The smallest absolute Gasteiger partial charge is 0.223 e. The van der Waals surface area contributed by atoms with Crippen LogP contribution in [0.1, 0.15) is 35.7 Å². The fraction of sp³-hybridized carbons (Fsp3) is 0.286. The number of aromatic nitrogens is 2. The highest BCUT2D eigenvalue weighted by Crippen LogP contribution is 2.31. The highest BCUT2D eigenvalue weighted by atomic mass is 16.5. The van der Waals surface area contributed by atoms with Crippen LogP contribution in [0.2, 0.25) is 0 Å². The lowest BCUT2D eigenvalue weighted by molar-refractivity contribution is -0.128. The number of fused-ring (bicyclic) bond motifs is 1. The average Bonchev–Trinajstić information content (AvgIpc) is 3.39. The van der Waals surface area contributed by atoms with Crippen LogP contribution in [0, 0.1) is 6.92 Å². The van der Waals surface area contributed by atoms with Gasteiger partial charge in [0, 0.05) is 32.0 Å². The molecule has 5 heteroatoms. The topological polar surface area (TPSA) is 47.4 Å². The third-order valence-corrected chi connectivity index (χ3v) is 6.36. The number of hydrogen-bond donors (Lipinski definition) is 0. The van der Waals surface area contributed by atoms with Gasteiger partial charge in [0.15, 0.2) is 0 Å². The molecule has 168 valence electrons. The molecule has 1 saturated heterocycles. The van der Waals surface area contributed by atoms with E-state index in [-0.39, 0.29) is 11.8 Å². The van der Waals surface area contributed by atoms with Gasteiger partial charge in [-0.2, -0.15) is 0 Å². The largest absolute Gasteiger partial charge is 0.493 e. The zero-order valence-corrected chi connectivity index (χ0v) is 19.0. The number of imidazole rings is 1. The lowest BCUT2D eigenvalue weighted by atomic mass is 10.1. The van der Waals surface area contributed by atoms with Crippen LogP contribution < -0.4 is 4.74 Å². The number of benzene rings is 3. The van der Waals surface area contributed by atoms with Gasteiger partial charge in [0.1, 0.15) is 11.6 Å². The van der Waals surface area contributed by atoms with Crippen molar-refractivity contribution >= 4 is 16.9 Å². The van der Waals surface area contributed by atoms with Crippen molar-refractivity contribution < 1.29 is 9.53 Å². The number of likely N-dealkylation sites (tertiary alicyclic amines) is 1. The van der Waals surface area contributed by atoms with Gasteiger partial charge in [-0.3, -0.25) is 4.79 Å². The molecule has 33 heavy (non-hydrogen) atoms. The Labute approximate surface area is 194 Å². The van der Waals surface area contributed by atoms with Gasteiger partial charge in [-0.1, -0.05) is 60.7 Å². The van der Waals surface area contributed by atoms with Gasteiger partial charge in [-0.15, -0.1) is 0 Å². The monoisotopic (exact) mass is 439 g/mol. The molecule has 1 aromatic heterocycles. The second kappa shape index (κ2) is 9.49. The van der Waals surface area contributed by atoms with Gasteiger partial charge >= 0.3 is 0 Å². The maximum Gasteiger partial charge on any atom is 0.223 e. The molecule has 1 amide bonds. The number of hydrogen-bond acceptors (Lipinski definition) is 3. The van der Waals surface area contributed by atoms with E-state index in [1.807, 2.05) is 47.4 Å². The van der Waals surface area contributed by atoms with E-state index < -0.39 is 0 Å². The van der Waals surface area contributed by atoms with E-state index in [1.54, 1.807) is 0 Å². The summed E-state index contributed by atoms with van der Waals surface area (Å²) in [6.07, 6.45) is 1.38. The molecule has 1 atom stereocenters. The summed E-state index contributed by atoms with van der Waals surface area (Å²) >= 11 is 0. The molecule has 3 aromatic carbocycles. The lowest BCUT2D eigenvalue weighted by Crippen LogP contribution is -2.24. The van der Waals surface area contributed by atoms with E-state index in [2.05, 4.69) is 47.9 Å². The van der Waals surface area contributed by atoms with Crippen molar-refractivity contribution in [2.75, 3.05) is 13.2 Å². The van der Waals surface area contributed by atoms with E-state index >= 15 is 0 Å². The second-order valence-corrected chi connectivity index (χ2v) is 8.74. The highest BCUT2D eigenvalue weighted by molar-refractivity contribution is 5.81. The van der Waals surface area contributed by atoms with Gasteiger partial charge in [-0.05, 0) is 42.7 Å². The molecular formula is C28H29N3O2. The van der Waals surface area contributed by atoms with Crippen molar-refractivity contribution in [1.82, 2.24) is 14.5 Å². The van der Waals surface area contributed by atoms with E-state index in [9.17, 15) is 4.79 Å². The Kier molecular flexibility index (Phi) is 6.11. The molecule has 1 aliphatic rings. The number of carbonyl (C=O) groups excluding carboxylic acids is 1. The number of amides is 1. The maximum atomic E-state index is 12.8. The first-order chi connectivity index (χ1) is 16.2. The zero-order chi connectivity index (χ0) is 22.6. The molecule has 0 radical (unpaired) electrons. The predicted octanol–water partition coefficient (Wildman–Crippen LogP) is 5.33. The molecule has 5 rings (SSSR count). The quantitative estimate of drug-likeness (QED) is 0.349. The molecule has 0 N–H and O–H groups in total. The number of aryl methyl sites for hydroxylation is 2. The minimum Gasteiger partial charge on any atom is -0.493 e. The van der Waals surface area contributed by atoms with Crippen molar-refractivity contribution in [1.29, 1.82) is 0 Å². The van der Waals surface area contributed by atoms with Crippen molar-refractivity contribution in [3.05, 3.63) is 95.8 Å². The Morgan fingerprint density at radius 3 is 2.58 bits per heavy atom. The minimum absolute atomic E-state index is 0.103. The Morgan fingerprint density at radius 1 is 0.970 bits per heavy atom. The van der Waals surface area contributed by atoms with Crippen LogP contribution in [0.3, 0.4) is 0 Å². The number of para-hydroxylation sites is 3. The average molecular weight is 440 g/mol. The first kappa shape index (κ1) is 21.3. The third kappa shape index (κ3) is 4.63. The summed E-state index contributed by atoms with van der Waals surface area (Å²) in [5, 5.41) is 0. The van der Waals surface area contributed by atoms with E-state index in [0.717, 1.165) is 46.7 Å². The van der Waals surface area contributed by atoms with Gasteiger partial charge < -0.3 is 14.2 Å². The Bertz CT molecular complexity index is 1250. The number of ether oxygens (including phenoxy) is 1. The van der Waals surface area contributed by atoms with Crippen LogP contribution >= 0.6 is 0 Å². The van der Waals surface area contributed by atoms with Gasteiger partial charge in [0.2, 0.25) is 5.91 Å². The molecule has 1 fully saturated rings. The van der Waals surface area contributed by atoms with Gasteiger partial charge in [0.25, 0.3) is 0 Å². The van der Waals surface area contributed by atoms with Crippen LogP contribution in [0.5, 0.6) is 5.75 Å². The molecule has 0 spiro atoms. The number of carbonyl (C=O) groups is 1. The van der Waals surface area contributed by atoms with Crippen LogP contribution in [-0.4, -0.2) is 33.5 Å². The summed E-state index contributed by atoms with van der Waals surface area (Å²) in [6.45, 7) is 4.87. The molecular weight excluding hydrogens is 410 g/mol. The van der Waals surface area contributed by atoms with Crippen molar-refractivity contribution in [2.45, 2.75) is 38.8 Å². The molecule has 0 unspecified atom stereocenters. The summed E-state index contributed by atoms with van der Waals surface area (Å²) < 4.78 is 8.31. The van der Waals surface area contributed by atoms with Gasteiger partial charge in [-0.25, -0.2) is 4.98 Å². The molecule has 1 aliphatic heterocycles. The van der Waals surface area contributed by atoms with Crippen LogP contribution in [-0.2, 0) is 17.9 Å². The summed E-state index contributed by atoms with van der Waals surface area (Å²) in [6, 6.07) is 26.5. The summed E-state index contributed by atoms with van der Waals surface area (Å²) in [5.41, 5.74) is 4.42. The predicted molar refractivity (Wildman–Crippen MR) is 130 cm³/mol. The fourth-order valence-corrected chi connectivity index (χ4v) is 4.67. The van der Waals surface area contributed by atoms with Crippen molar-refractivity contribution in [2.24, 2.45) is 0 Å². The van der Waals surface area contributed by atoms with Crippen LogP contribution in [0.15, 0.2) is 78.9 Å². The zero-order valence-electron chi connectivity index (χ0n) is 19.0. The van der Waals surface area contributed by atoms with Crippen LogP contribution in [0.25, 0.3) is 11.0 Å². The molecule has 0 bridgehead atoms. The maximum absolute atomic E-state index is 12.8. The Morgan fingerprint density at radius 2 is 1.73 bits per heavy atom. The first-order valence-electron chi connectivity index (χ1n) is 11.6. The molecule has 0 aliphatic carbocycles. The van der Waals surface area contributed by atoms with Crippen LogP contribution in [0.4, 0.5) is 0 Å². The fourth-order valence-electron chi connectivity index (χ4n) is 4.67. The first-order valence-corrected chi connectivity index (χ1v) is 11.6. The Balaban J connectivity index is 1.31. The normalized spacial score (nSPS) is 16.0. The third-order valence-electron chi connectivity index (χ3n) is 6.36. The number of rotatable bonds is 8. The van der Waals surface area contributed by atoms with Crippen molar-refractivity contribution in [3.63, 3.8) is 0 Å². The SMILES string of the molecule is Cc1ccccc1OCCCn1c([C@H]2CC(=O)N(Cc3ccccc3)C2)nc2ccccc21. The van der Waals surface area contributed by atoms with E-state index in [1.165, 1.54) is 0 Å². The molecule has 5 nitrogen and oxygen atoms in total. The summed E-state index contributed by atoms with van der Waals surface area (Å²) in [4.78, 5) is 19.7. The summed E-state index contributed by atoms with van der Waals surface area (Å²) in [5.74, 6) is 2.25. The number of nitrogens with zero attached hydrogens (tertiary/aromatic N) is 3.